The second-order valence-electron chi connectivity index (χ2n) is 5.19. The first-order chi connectivity index (χ1) is 11.0. The summed E-state index contributed by atoms with van der Waals surface area (Å²) in [5.41, 5.74) is 1.11. The van der Waals surface area contributed by atoms with E-state index in [-0.39, 0.29) is 25.0 Å². The van der Waals surface area contributed by atoms with Gasteiger partial charge in [-0.1, -0.05) is 17.7 Å². The minimum atomic E-state index is -0.654. The van der Waals surface area contributed by atoms with Crippen LogP contribution in [-0.4, -0.2) is 24.5 Å². The number of hydrogen-bond donors (Lipinski definition) is 2. The summed E-state index contributed by atoms with van der Waals surface area (Å²) in [5, 5.41) is 5.27. The molecule has 0 saturated heterocycles. The van der Waals surface area contributed by atoms with E-state index in [9.17, 15) is 9.59 Å². The third kappa shape index (κ3) is 5.50. The summed E-state index contributed by atoms with van der Waals surface area (Å²) >= 11 is 0. The van der Waals surface area contributed by atoms with E-state index in [0.717, 1.165) is 5.56 Å². The van der Waals surface area contributed by atoms with Crippen LogP contribution < -0.4 is 15.4 Å². The van der Waals surface area contributed by atoms with Gasteiger partial charge in [0.2, 0.25) is 5.91 Å². The largest absolute Gasteiger partial charge is 0.484 e. The van der Waals surface area contributed by atoms with Crippen molar-refractivity contribution >= 4 is 11.8 Å². The normalized spacial score (nSPS) is 11.6. The summed E-state index contributed by atoms with van der Waals surface area (Å²) in [6.07, 6.45) is 1.54. The Bertz CT molecular complexity index is 635. The Balaban J connectivity index is 1.71. The van der Waals surface area contributed by atoms with Crippen molar-refractivity contribution in [2.75, 3.05) is 6.61 Å². The molecule has 0 aliphatic rings. The molecular weight excluding hydrogens is 296 g/mol. The van der Waals surface area contributed by atoms with E-state index < -0.39 is 6.04 Å². The van der Waals surface area contributed by atoms with Crippen molar-refractivity contribution in [2.24, 2.45) is 0 Å². The van der Waals surface area contributed by atoms with E-state index in [1.807, 2.05) is 19.1 Å². The van der Waals surface area contributed by atoms with Gasteiger partial charge in [0.05, 0.1) is 12.8 Å². The number of furan rings is 1. The Kier molecular flexibility index (Phi) is 5.80. The number of nitrogens with one attached hydrogen (secondary N) is 2. The highest BCUT2D eigenvalue weighted by molar-refractivity contribution is 5.87. The van der Waals surface area contributed by atoms with Crippen molar-refractivity contribution < 1.29 is 18.7 Å². The fourth-order valence-electron chi connectivity index (χ4n) is 1.87. The van der Waals surface area contributed by atoms with E-state index in [0.29, 0.717) is 11.5 Å². The average Bonchev–Trinajstić information content (AvgIpc) is 3.05. The maximum atomic E-state index is 11.9. The lowest BCUT2D eigenvalue weighted by Gasteiger charge is -2.14. The minimum Gasteiger partial charge on any atom is -0.484 e. The number of aryl methyl sites for hydroxylation is 1. The van der Waals surface area contributed by atoms with Crippen molar-refractivity contribution in [3.8, 4) is 5.75 Å². The van der Waals surface area contributed by atoms with Gasteiger partial charge in [-0.2, -0.15) is 0 Å². The highest BCUT2D eigenvalue weighted by Gasteiger charge is 2.15. The maximum Gasteiger partial charge on any atom is 0.258 e. The smallest absolute Gasteiger partial charge is 0.258 e. The van der Waals surface area contributed by atoms with Gasteiger partial charge in [0.25, 0.3) is 5.91 Å². The number of amides is 2. The number of rotatable bonds is 7. The van der Waals surface area contributed by atoms with Crippen molar-refractivity contribution in [3.63, 3.8) is 0 Å². The van der Waals surface area contributed by atoms with Crippen molar-refractivity contribution in [2.45, 2.75) is 26.4 Å². The monoisotopic (exact) mass is 316 g/mol. The van der Waals surface area contributed by atoms with Crippen LogP contribution in [0.5, 0.6) is 5.75 Å². The second kappa shape index (κ2) is 8.03. The van der Waals surface area contributed by atoms with Gasteiger partial charge in [0.15, 0.2) is 6.61 Å². The molecule has 6 heteroatoms. The lowest BCUT2D eigenvalue weighted by atomic mass is 10.2. The Morgan fingerprint density at radius 1 is 1.22 bits per heavy atom. The summed E-state index contributed by atoms with van der Waals surface area (Å²) in [4.78, 5) is 23.7. The topological polar surface area (TPSA) is 80.6 Å². The molecule has 122 valence electrons. The predicted molar refractivity (Wildman–Crippen MR) is 84.8 cm³/mol. The second-order valence-corrected chi connectivity index (χ2v) is 5.19. The molecule has 2 amide bonds. The fraction of sp³-hybridized carbons (Fsp3) is 0.294. The number of benzene rings is 1. The molecule has 1 aromatic carbocycles. The Morgan fingerprint density at radius 2 is 1.96 bits per heavy atom. The summed E-state index contributed by atoms with van der Waals surface area (Å²) in [6.45, 7) is 3.73. The van der Waals surface area contributed by atoms with E-state index in [2.05, 4.69) is 10.6 Å². The van der Waals surface area contributed by atoms with Crippen LogP contribution in [0, 0.1) is 6.92 Å². The lowest BCUT2D eigenvalue weighted by molar-refractivity contribution is -0.129. The zero-order chi connectivity index (χ0) is 16.7. The standard InChI is InChI=1S/C17H20N2O4/c1-12-5-7-14(8-6-12)23-11-16(20)19-13(2)17(21)18-10-15-4-3-9-22-15/h3-9,13H,10-11H2,1-2H3,(H,18,21)(H,19,20)/t13-/m0/s1. The molecule has 0 aliphatic carbocycles. The third-order valence-electron chi connectivity index (χ3n) is 3.18. The van der Waals surface area contributed by atoms with Gasteiger partial charge in [0.1, 0.15) is 17.6 Å². The molecule has 6 nitrogen and oxygen atoms in total. The summed E-state index contributed by atoms with van der Waals surface area (Å²) < 4.78 is 10.5. The summed E-state index contributed by atoms with van der Waals surface area (Å²) in [5.74, 6) is 0.622. The zero-order valence-corrected chi connectivity index (χ0v) is 13.2. The average molecular weight is 316 g/mol. The molecule has 2 rings (SSSR count). The van der Waals surface area contributed by atoms with Gasteiger partial charge < -0.3 is 19.8 Å². The first-order valence-electron chi connectivity index (χ1n) is 7.33. The molecule has 1 aromatic heterocycles. The number of carbonyl (C=O) groups is 2. The van der Waals surface area contributed by atoms with Crippen LogP contribution in [0.1, 0.15) is 18.2 Å². The Morgan fingerprint density at radius 3 is 2.61 bits per heavy atom. The van der Waals surface area contributed by atoms with Gasteiger partial charge in [-0.25, -0.2) is 0 Å². The maximum absolute atomic E-state index is 11.9. The van der Waals surface area contributed by atoms with Crippen LogP contribution in [0.4, 0.5) is 0 Å². The van der Waals surface area contributed by atoms with Crippen LogP contribution in [0.2, 0.25) is 0 Å². The van der Waals surface area contributed by atoms with Gasteiger partial charge in [0, 0.05) is 0 Å². The Hall–Kier alpha value is -2.76. The van der Waals surface area contributed by atoms with E-state index >= 15 is 0 Å². The molecule has 0 saturated carbocycles. The first kappa shape index (κ1) is 16.6. The molecule has 0 spiro atoms. The van der Waals surface area contributed by atoms with E-state index in [1.165, 1.54) is 6.26 Å². The van der Waals surface area contributed by atoms with Crippen molar-refractivity contribution in [3.05, 3.63) is 54.0 Å². The molecule has 1 heterocycles. The Labute approximate surface area is 134 Å². The quantitative estimate of drug-likeness (QED) is 0.816. The van der Waals surface area contributed by atoms with Crippen LogP contribution in [0.25, 0.3) is 0 Å². The van der Waals surface area contributed by atoms with Crippen LogP contribution in [0.15, 0.2) is 47.1 Å². The highest BCUT2D eigenvalue weighted by atomic mass is 16.5. The van der Waals surface area contributed by atoms with Crippen LogP contribution in [0.3, 0.4) is 0 Å². The summed E-state index contributed by atoms with van der Waals surface area (Å²) in [6, 6.07) is 10.2. The molecule has 23 heavy (non-hydrogen) atoms. The molecule has 0 fully saturated rings. The van der Waals surface area contributed by atoms with E-state index in [1.54, 1.807) is 31.2 Å². The number of ether oxygens (including phenoxy) is 1. The van der Waals surface area contributed by atoms with Crippen LogP contribution in [-0.2, 0) is 16.1 Å². The van der Waals surface area contributed by atoms with Gasteiger partial charge in [-0.15, -0.1) is 0 Å². The molecule has 0 bridgehead atoms. The SMILES string of the molecule is Cc1ccc(OCC(=O)N[C@@H](C)C(=O)NCc2ccco2)cc1. The van der Waals surface area contributed by atoms with Crippen molar-refractivity contribution in [1.29, 1.82) is 0 Å². The van der Waals surface area contributed by atoms with Crippen LogP contribution >= 0.6 is 0 Å². The third-order valence-corrected chi connectivity index (χ3v) is 3.18. The van der Waals surface area contributed by atoms with Gasteiger partial charge in [-0.3, -0.25) is 9.59 Å². The molecule has 1 atom stereocenters. The number of hydrogen-bond acceptors (Lipinski definition) is 4. The lowest BCUT2D eigenvalue weighted by Crippen LogP contribution is -2.46. The zero-order valence-electron chi connectivity index (χ0n) is 13.2. The van der Waals surface area contributed by atoms with Gasteiger partial charge >= 0.3 is 0 Å². The van der Waals surface area contributed by atoms with Crippen molar-refractivity contribution in [1.82, 2.24) is 10.6 Å². The summed E-state index contributed by atoms with van der Waals surface area (Å²) in [7, 11) is 0. The minimum absolute atomic E-state index is 0.140. The molecule has 0 unspecified atom stereocenters. The predicted octanol–water partition coefficient (Wildman–Crippen LogP) is 1.79. The fourth-order valence-corrected chi connectivity index (χ4v) is 1.87. The molecule has 0 radical (unpaired) electrons. The molecule has 0 aliphatic heterocycles. The number of carbonyl (C=O) groups excluding carboxylic acids is 2. The first-order valence-corrected chi connectivity index (χ1v) is 7.33. The molecular formula is C17H20N2O4. The van der Waals surface area contributed by atoms with Gasteiger partial charge in [-0.05, 0) is 38.1 Å². The molecule has 2 N–H and O–H groups in total. The van der Waals surface area contributed by atoms with E-state index in [4.69, 9.17) is 9.15 Å². The molecule has 2 aromatic rings. The highest BCUT2D eigenvalue weighted by Crippen LogP contribution is 2.10.